The van der Waals surface area contributed by atoms with Gasteiger partial charge < -0.3 is 16.0 Å². The van der Waals surface area contributed by atoms with E-state index in [9.17, 15) is 0 Å². The number of nitrogens with one attached hydrogen (secondary N) is 3. The standard InChI is InChI=1S/C38H30N6/c1-3-15-29(16-4-1)43-35-23-9-7-19-33(35)41-37(43)25-27-13-11-21-31(39-27)32-22-12-14-28(40-32)26-38-42-34-20-8-10-24-36(34)44(38)30-17-5-2-6-18-30/h1-26,31,39,41-42H. The molecule has 0 bridgehead atoms. The molecule has 1 aromatic heterocycles. The van der Waals surface area contributed by atoms with Crippen LogP contribution in [-0.4, -0.2) is 4.98 Å². The number of hydrogen-bond donors (Lipinski definition) is 3. The molecule has 6 heteroatoms. The van der Waals surface area contributed by atoms with Gasteiger partial charge in [0, 0.05) is 29.2 Å². The van der Waals surface area contributed by atoms with Crippen LogP contribution in [0.1, 0.15) is 17.4 Å². The van der Waals surface area contributed by atoms with Gasteiger partial charge >= 0.3 is 0 Å². The smallest absolute Gasteiger partial charge is 0.117 e. The second kappa shape index (κ2) is 11.0. The van der Waals surface area contributed by atoms with Gasteiger partial charge in [0.2, 0.25) is 0 Å². The lowest BCUT2D eigenvalue weighted by molar-refractivity contribution is 0.695. The van der Waals surface area contributed by atoms with Gasteiger partial charge in [0.05, 0.1) is 40.2 Å². The van der Waals surface area contributed by atoms with Crippen molar-refractivity contribution in [2.24, 2.45) is 0 Å². The minimum atomic E-state index is -0.0712. The van der Waals surface area contributed by atoms with Crippen LogP contribution in [0.3, 0.4) is 0 Å². The van der Waals surface area contributed by atoms with Crippen molar-refractivity contribution in [2.75, 3.05) is 20.4 Å². The van der Waals surface area contributed by atoms with E-state index in [2.05, 4.69) is 165 Å². The topological polar surface area (TPSA) is 55.5 Å². The van der Waals surface area contributed by atoms with E-state index in [0.717, 1.165) is 62.9 Å². The SMILES string of the molecule is C1=CC(c2cccc(C=C3Nc4ccccc4N3c3ccccc3)n2)NC(C=C2Nc3ccccc3N2c2ccccc2)=C1. The maximum absolute atomic E-state index is 5.08. The summed E-state index contributed by atoms with van der Waals surface area (Å²) in [6, 6.07) is 43.7. The molecule has 8 rings (SSSR count). The van der Waals surface area contributed by atoms with Crippen LogP contribution in [0.5, 0.6) is 0 Å². The Kier molecular flexibility index (Phi) is 6.42. The molecule has 6 nitrogen and oxygen atoms in total. The lowest BCUT2D eigenvalue weighted by Gasteiger charge is -2.23. The van der Waals surface area contributed by atoms with E-state index in [0.29, 0.717) is 0 Å². The fraction of sp³-hybridized carbons (Fsp3) is 0.0263. The van der Waals surface area contributed by atoms with Crippen LogP contribution in [0.2, 0.25) is 0 Å². The first-order valence-electron chi connectivity index (χ1n) is 14.8. The number of pyridine rings is 1. The molecule has 4 aromatic carbocycles. The summed E-state index contributed by atoms with van der Waals surface area (Å²) >= 11 is 0. The number of anilines is 6. The fourth-order valence-electron chi connectivity index (χ4n) is 5.93. The molecule has 0 spiro atoms. The molecule has 3 N–H and O–H groups in total. The molecule has 0 saturated heterocycles. The Morgan fingerprint density at radius 1 is 0.568 bits per heavy atom. The summed E-state index contributed by atoms with van der Waals surface area (Å²) in [5, 5.41) is 10.9. The van der Waals surface area contributed by atoms with Gasteiger partial charge in [-0.25, -0.2) is 0 Å². The van der Waals surface area contributed by atoms with Crippen molar-refractivity contribution >= 4 is 40.2 Å². The van der Waals surface area contributed by atoms with Crippen LogP contribution < -0.4 is 25.8 Å². The van der Waals surface area contributed by atoms with E-state index >= 15 is 0 Å². The summed E-state index contributed by atoms with van der Waals surface area (Å²) in [7, 11) is 0. The van der Waals surface area contributed by atoms with Gasteiger partial charge in [-0.3, -0.25) is 14.8 Å². The lowest BCUT2D eigenvalue weighted by Crippen LogP contribution is -2.23. The molecule has 44 heavy (non-hydrogen) atoms. The molecule has 0 aliphatic carbocycles. The van der Waals surface area contributed by atoms with E-state index in [1.807, 2.05) is 18.2 Å². The van der Waals surface area contributed by atoms with Crippen LogP contribution in [0.25, 0.3) is 6.08 Å². The Labute approximate surface area is 257 Å². The van der Waals surface area contributed by atoms with E-state index in [1.54, 1.807) is 0 Å². The van der Waals surface area contributed by atoms with Crippen molar-refractivity contribution in [3.05, 3.63) is 180 Å². The number of nitrogens with zero attached hydrogens (tertiary/aromatic N) is 3. The Balaban J connectivity index is 1.07. The summed E-state index contributed by atoms with van der Waals surface area (Å²) in [4.78, 5) is 9.57. The summed E-state index contributed by atoms with van der Waals surface area (Å²) < 4.78 is 0. The van der Waals surface area contributed by atoms with Crippen LogP contribution in [0.4, 0.5) is 34.1 Å². The van der Waals surface area contributed by atoms with Gasteiger partial charge in [0.25, 0.3) is 0 Å². The molecular weight excluding hydrogens is 540 g/mol. The third kappa shape index (κ3) is 4.78. The number of para-hydroxylation sites is 6. The molecule has 1 atom stereocenters. The van der Waals surface area contributed by atoms with Gasteiger partial charge in [-0.05, 0) is 66.7 Å². The van der Waals surface area contributed by atoms with Crippen LogP contribution in [0.15, 0.2) is 169 Å². The van der Waals surface area contributed by atoms with E-state index in [1.165, 1.54) is 0 Å². The molecule has 1 unspecified atom stereocenters. The minimum absolute atomic E-state index is 0.0712. The van der Waals surface area contributed by atoms with Gasteiger partial charge in [-0.15, -0.1) is 0 Å². The minimum Gasteiger partial charge on any atom is -0.373 e. The van der Waals surface area contributed by atoms with Crippen molar-refractivity contribution < 1.29 is 0 Å². The first-order valence-corrected chi connectivity index (χ1v) is 14.8. The number of benzene rings is 4. The van der Waals surface area contributed by atoms with Crippen molar-refractivity contribution in [2.45, 2.75) is 6.04 Å². The Morgan fingerprint density at radius 3 is 1.77 bits per heavy atom. The molecule has 0 fully saturated rings. The van der Waals surface area contributed by atoms with Gasteiger partial charge in [0.1, 0.15) is 11.6 Å². The molecule has 4 heterocycles. The predicted molar refractivity (Wildman–Crippen MR) is 181 cm³/mol. The van der Waals surface area contributed by atoms with Crippen molar-refractivity contribution in [3.8, 4) is 0 Å². The number of allylic oxidation sites excluding steroid dienone is 3. The normalized spacial score (nSPS) is 18.4. The van der Waals surface area contributed by atoms with Crippen LogP contribution >= 0.6 is 0 Å². The highest BCUT2D eigenvalue weighted by Crippen LogP contribution is 2.43. The summed E-state index contributed by atoms with van der Waals surface area (Å²) in [5.74, 6) is 1.96. The van der Waals surface area contributed by atoms with Crippen LogP contribution in [0, 0.1) is 0 Å². The largest absolute Gasteiger partial charge is 0.373 e. The van der Waals surface area contributed by atoms with Crippen molar-refractivity contribution in [1.82, 2.24) is 10.3 Å². The van der Waals surface area contributed by atoms with Crippen LogP contribution in [-0.2, 0) is 0 Å². The van der Waals surface area contributed by atoms with Gasteiger partial charge in [-0.1, -0.05) is 78.9 Å². The maximum Gasteiger partial charge on any atom is 0.117 e. The molecule has 212 valence electrons. The van der Waals surface area contributed by atoms with E-state index in [4.69, 9.17) is 4.98 Å². The third-order valence-corrected chi connectivity index (χ3v) is 7.92. The van der Waals surface area contributed by atoms with Crippen molar-refractivity contribution in [3.63, 3.8) is 0 Å². The molecular formula is C38H30N6. The van der Waals surface area contributed by atoms with E-state index < -0.39 is 0 Å². The van der Waals surface area contributed by atoms with Gasteiger partial charge in [-0.2, -0.15) is 0 Å². The average Bonchev–Trinajstić information content (AvgIpc) is 3.63. The molecule has 3 aliphatic rings. The molecule has 0 radical (unpaired) electrons. The highest BCUT2D eigenvalue weighted by Gasteiger charge is 2.27. The third-order valence-electron chi connectivity index (χ3n) is 7.92. The zero-order valence-electron chi connectivity index (χ0n) is 23.9. The molecule has 5 aromatic rings. The first-order chi connectivity index (χ1) is 21.8. The number of rotatable bonds is 5. The zero-order chi connectivity index (χ0) is 29.3. The first kappa shape index (κ1) is 25.7. The summed E-state index contributed by atoms with van der Waals surface area (Å²) in [5.41, 5.74) is 9.44. The second-order valence-electron chi connectivity index (χ2n) is 10.8. The number of aromatic nitrogens is 1. The highest BCUT2D eigenvalue weighted by molar-refractivity contribution is 5.90. The average molecular weight is 571 g/mol. The number of dihydropyridines is 1. The second-order valence-corrected chi connectivity index (χ2v) is 10.8. The Bertz CT molecular complexity index is 1960. The van der Waals surface area contributed by atoms with Gasteiger partial charge in [0.15, 0.2) is 0 Å². The molecule has 3 aliphatic heterocycles. The number of hydrogen-bond acceptors (Lipinski definition) is 6. The quantitative estimate of drug-likeness (QED) is 0.196. The Morgan fingerprint density at radius 2 is 1.14 bits per heavy atom. The predicted octanol–water partition coefficient (Wildman–Crippen LogP) is 8.83. The van der Waals surface area contributed by atoms with E-state index in [-0.39, 0.29) is 6.04 Å². The lowest BCUT2D eigenvalue weighted by atomic mass is 10.1. The monoisotopic (exact) mass is 570 g/mol. The molecule has 0 saturated carbocycles. The maximum atomic E-state index is 5.08. The highest BCUT2D eigenvalue weighted by atomic mass is 15.3. The zero-order valence-corrected chi connectivity index (χ0v) is 23.9. The molecule has 0 amide bonds. The Hall–Kier alpha value is -6.01. The summed E-state index contributed by atoms with van der Waals surface area (Å²) in [6.45, 7) is 0. The summed E-state index contributed by atoms with van der Waals surface area (Å²) in [6.07, 6.45) is 10.6. The number of fused-ring (bicyclic) bond motifs is 2. The fourth-order valence-corrected chi connectivity index (χ4v) is 5.93. The van der Waals surface area contributed by atoms with Crippen molar-refractivity contribution in [1.29, 1.82) is 0 Å².